The molecule has 1 N–H and O–H groups in total. The number of nitrogens with one attached hydrogen (secondary N) is 1. The lowest BCUT2D eigenvalue weighted by Gasteiger charge is -2.11. The van der Waals surface area contributed by atoms with Gasteiger partial charge in [-0.05, 0) is 82.8 Å². The minimum absolute atomic E-state index is 0.0774. The highest BCUT2D eigenvalue weighted by molar-refractivity contribution is 14.1. The fourth-order valence-electron chi connectivity index (χ4n) is 4.60. The molecule has 0 aliphatic carbocycles. The summed E-state index contributed by atoms with van der Waals surface area (Å²) in [6, 6.07) is 22.9. The number of fused-ring (bicyclic) bond motifs is 1. The van der Waals surface area contributed by atoms with Crippen LogP contribution in [0.3, 0.4) is 0 Å². The van der Waals surface area contributed by atoms with E-state index in [9.17, 15) is 14.4 Å². The summed E-state index contributed by atoms with van der Waals surface area (Å²) in [4.78, 5) is 17.4. The van der Waals surface area contributed by atoms with E-state index in [1.54, 1.807) is 24.1 Å². The molecule has 6 rings (SSSR count). The number of benzene rings is 3. The van der Waals surface area contributed by atoms with E-state index in [2.05, 4.69) is 38.0 Å². The Balaban J connectivity index is 1.21. The van der Waals surface area contributed by atoms with Crippen LogP contribution in [0.25, 0.3) is 22.3 Å². The van der Waals surface area contributed by atoms with Crippen LogP contribution in [0.2, 0.25) is 0 Å². The average molecular weight is 705 g/mol. The van der Waals surface area contributed by atoms with Crippen molar-refractivity contribution in [3.8, 4) is 28.5 Å². The number of aromatic nitrogens is 4. The topological polar surface area (TPSA) is 105 Å². The van der Waals surface area contributed by atoms with Crippen LogP contribution < -0.4 is 19.5 Å². The average Bonchev–Trinajstić information content (AvgIpc) is 3.35. The molecule has 3 aromatic carbocycles. The van der Waals surface area contributed by atoms with E-state index in [0.717, 1.165) is 17.4 Å². The summed E-state index contributed by atoms with van der Waals surface area (Å²) in [6.07, 6.45) is 1.56. The van der Waals surface area contributed by atoms with Gasteiger partial charge in [0.1, 0.15) is 21.0 Å². The van der Waals surface area contributed by atoms with E-state index in [0.29, 0.717) is 37.3 Å². The Morgan fingerprint density at radius 3 is 2.50 bits per heavy atom. The van der Waals surface area contributed by atoms with Gasteiger partial charge in [0.2, 0.25) is 5.69 Å². The standard InChI is InChI=1S/C32H22F2IN5O4/c1-43-23-12-5-19(6-13-23)18-39-31-29(30(35)38-39)28(15-16-36-31)44-27-14-11-22(17-24(27)34)37-32(41)26-4-2-3-25(40(26)42)20-7-9-21(33)10-8-20/h2-17H,18H2,1H3,(H,37,41). The molecule has 220 valence electrons. The number of nitrogens with zero attached hydrogens (tertiary/aromatic N) is 4. The lowest BCUT2D eigenvalue weighted by molar-refractivity contribution is -0.595. The van der Waals surface area contributed by atoms with Crippen molar-refractivity contribution in [2.24, 2.45) is 0 Å². The third-order valence-corrected chi connectivity index (χ3v) is 7.53. The molecule has 0 aliphatic rings. The molecule has 0 aliphatic heterocycles. The summed E-state index contributed by atoms with van der Waals surface area (Å²) in [5.74, 6) is -0.889. The fraction of sp³-hybridized carbons (Fsp3) is 0.0625. The molecule has 0 bridgehead atoms. The van der Waals surface area contributed by atoms with Crippen LogP contribution in [-0.4, -0.2) is 27.8 Å². The molecule has 0 fully saturated rings. The minimum atomic E-state index is -0.744. The predicted octanol–water partition coefficient (Wildman–Crippen LogP) is 6.72. The number of halogens is 3. The summed E-state index contributed by atoms with van der Waals surface area (Å²) in [5.41, 5.74) is 2.07. The summed E-state index contributed by atoms with van der Waals surface area (Å²) in [6.45, 7) is 0.457. The molecule has 0 unspecified atom stereocenters. The van der Waals surface area contributed by atoms with Gasteiger partial charge in [0.15, 0.2) is 17.2 Å². The fourth-order valence-corrected chi connectivity index (χ4v) is 5.37. The summed E-state index contributed by atoms with van der Waals surface area (Å²) in [5, 5.41) is 20.7. The van der Waals surface area contributed by atoms with E-state index in [-0.39, 0.29) is 22.8 Å². The number of carbonyl (C=O) groups is 1. The highest BCUT2D eigenvalue weighted by Crippen LogP contribution is 2.34. The molecule has 9 nitrogen and oxygen atoms in total. The third-order valence-electron chi connectivity index (χ3n) is 6.77. The van der Waals surface area contributed by atoms with Gasteiger partial charge in [-0.25, -0.2) is 18.4 Å². The minimum Gasteiger partial charge on any atom is -0.618 e. The van der Waals surface area contributed by atoms with Gasteiger partial charge in [0.05, 0.1) is 19.0 Å². The lowest BCUT2D eigenvalue weighted by Crippen LogP contribution is -2.38. The van der Waals surface area contributed by atoms with Crippen molar-refractivity contribution in [3.63, 3.8) is 0 Å². The van der Waals surface area contributed by atoms with Crippen molar-refractivity contribution in [3.05, 3.63) is 129 Å². The quantitative estimate of drug-likeness (QED) is 0.107. The Morgan fingerprint density at radius 2 is 1.77 bits per heavy atom. The summed E-state index contributed by atoms with van der Waals surface area (Å²) in [7, 11) is 1.61. The van der Waals surface area contributed by atoms with Crippen molar-refractivity contribution in [1.82, 2.24) is 14.8 Å². The zero-order valence-electron chi connectivity index (χ0n) is 23.0. The van der Waals surface area contributed by atoms with Crippen LogP contribution in [0.4, 0.5) is 14.5 Å². The molecule has 12 heteroatoms. The molecular formula is C32H22F2IN5O4. The number of amides is 1. The van der Waals surface area contributed by atoms with Crippen molar-refractivity contribution < 1.29 is 27.8 Å². The largest absolute Gasteiger partial charge is 0.618 e. The normalized spacial score (nSPS) is 11.0. The van der Waals surface area contributed by atoms with Gasteiger partial charge >= 0.3 is 5.91 Å². The molecule has 3 aromatic heterocycles. The molecule has 3 heterocycles. The van der Waals surface area contributed by atoms with E-state index in [1.807, 2.05) is 24.3 Å². The van der Waals surface area contributed by atoms with Crippen LogP contribution in [0.15, 0.2) is 97.2 Å². The van der Waals surface area contributed by atoms with Crippen molar-refractivity contribution >= 4 is 45.2 Å². The molecule has 0 saturated carbocycles. The number of anilines is 1. The Labute approximate surface area is 263 Å². The molecule has 0 atom stereocenters. The highest BCUT2D eigenvalue weighted by atomic mass is 127. The second-order valence-electron chi connectivity index (χ2n) is 9.60. The van der Waals surface area contributed by atoms with Crippen molar-refractivity contribution in [1.29, 1.82) is 0 Å². The Hall–Kier alpha value is -5.11. The highest BCUT2D eigenvalue weighted by Gasteiger charge is 2.21. The lowest BCUT2D eigenvalue weighted by atomic mass is 10.1. The smallest absolute Gasteiger partial charge is 0.321 e. The number of rotatable bonds is 8. The first-order valence-corrected chi connectivity index (χ1v) is 14.3. The van der Waals surface area contributed by atoms with Gasteiger partial charge in [-0.3, -0.25) is 4.79 Å². The maximum Gasteiger partial charge on any atom is 0.321 e. The Morgan fingerprint density at radius 1 is 1.00 bits per heavy atom. The van der Waals surface area contributed by atoms with E-state index in [1.165, 1.54) is 54.6 Å². The zero-order valence-corrected chi connectivity index (χ0v) is 25.2. The van der Waals surface area contributed by atoms with Crippen molar-refractivity contribution in [2.75, 3.05) is 12.4 Å². The number of hydrogen-bond donors (Lipinski definition) is 1. The maximum absolute atomic E-state index is 15.2. The van der Waals surface area contributed by atoms with Crippen molar-refractivity contribution in [2.45, 2.75) is 6.54 Å². The maximum atomic E-state index is 15.2. The monoisotopic (exact) mass is 705 g/mol. The van der Waals surface area contributed by atoms with Gasteiger partial charge in [-0.1, -0.05) is 12.1 Å². The van der Waals surface area contributed by atoms with Gasteiger partial charge in [0.25, 0.3) is 5.69 Å². The van der Waals surface area contributed by atoms with Crippen LogP contribution in [0.5, 0.6) is 17.2 Å². The molecular weight excluding hydrogens is 683 g/mol. The molecule has 0 saturated heterocycles. The Bertz CT molecular complexity index is 2000. The van der Waals surface area contributed by atoms with E-state index in [4.69, 9.17) is 9.47 Å². The van der Waals surface area contributed by atoms with E-state index >= 15 is 4.39 Å². The predicted molar refractivity (Wildman–Crippen MR) is 168 cm³/mol. The van der Waals surface area contributed by atoms with Crippen LogP contribution >= 0.6 is 22.6 Å². The molecule has 6 aromatic rings. The second-order valence-corrected chi connectivity index (χ2v) is 10.6. The molecule has 0 spiro atoms. The Kier molecular flexibility index (Phi) is 8.07. The summed E-state index contributed by atoms with van der Waals surface area (Å²) >= 11 is 2.09. The van der Waals surface area contributed by atoms with Gasteiger partial charge in [0, 0.05) is 41.7 Å². The first kappa shape index (κ1) is 29.0. The van der Waals surface area contributed by atoms with Gasteiger partial charge < -0.3 is 20.0 Å². The molecule has 0 radical (unpaired) electrons. The van der Waals surface area contributed by atoms with Crippen LogP contribution in [0.1, 0.15) is 16.1 Å². The number of ether oxygens (including phenoxy) is 2. The first-order chi connectivity index (χ1) is 21.3. The van der Waals surface area contributed by atoms with Crippen LogP contribution in [0, 0.1) is 20.5 Å². The summed E-state index contributed by atoms with van der Waals surface area (Å²) < 4.78 is 42.5. The number of pyridine rings is 2. The number of hydrogen-bond acceptors (Lipinski definition) is 6. The molecule has 1 amide bonds. The SMILES string of the molecule is COc1ccc(Cn2nc(I)c3c(Oc4ccc(NC(=O)c5cccc(-c6ccc(F)cc6)[n+]5[O-])cc4F)ccnc32)cc1. The van der Waals surface area contributed by atoms with Gasteiger partial charge in [-0.15, -0.1) is 0 Å². The van der Waals surface area contributed by atoms with Crippen LogP contribution in [-0.2, 0) is 6.54 Å². The zero-order chi connectivity index (χ0) is 30.8. The van der Waals surface area contributed by atoms with E-state index < -0.39 is 17.5 Å². The number of methoxy groups -OCH3 is 1. The first-order valence-electron chi connectivity index (χ1n) is 13.2. The third kappa shape index (κ3) is 5.88. The van der Waals surface area contributed by atoms with Gasteiger partial charge in [-0.2, -0.15) is 9.83 Å². The molecule has 44 heavy (non-hydrogen) atoms. The second kappa shape index (κ2) is 12.2. The number of carbonyl (C=O) groups excluding carboxylic acids is 1.